The van der Waals surface area contributed by atoms with Crippen LogP contribution in [0.4, 0.5) is 0 Å². The molecule has 0 radical (unpaired) electrons. The van der Waals surface area contributed by atoms with Crippen LogP contribution in [-0.2, 0) is 28.7 Å². The van der Waals surface area contributed by atoms with E-state index in [0.717, 1.165) is 25.7 Å². The van der Waals surface area contributed by atoms with Crippen LogP contribution in [0.3, 0.4) is 0 Å². The molecule has 0 aromatic rings. The maximum Gasteiger partial charge on any atom is 0.348 e. The number of ether oxygens (including phenoxy) is 2. The Labute approximate surface area is 211 Å². The Morgan fingerprint density at radius 2 is 1.54 bits per heavy atom. The van der Waals surface area contributed by atoms with Gasteiger partial charge in [-0.15, -0.1) is 0 Å². The maximum atomic E-state index is 13.2. The van der Waals surface area contributed by atoms with Crippen LogP contribution in [0, 0.1) is 23.7 Å². The van der Waals surface area contributed by atoms with E-state index in [4.69, 9.17) is 9.47 Å². The van der Waals surface area contributed by atoms with Crippen molar-refractivity contribution in [2.45, 2.75) is 118 Å². The van der Waals surface area contributed by atoms with E-state index in [0.29, 0.717) is 38.1 Å². The second-order valence-electron chi connectivity index (χ2n) is 10.4. The van der Waals surface area contributed by atoms with Crippen molar-refractivity contribution >= 4 is 23.8 Å². The molecular weight excluding hydrogens is 450 g/mol. The Bertz CT molecular complexity index is 710. The van der Waals surface area contributed by atoms with Gasteiger partial charge in [0.2, 0.25) is 18.1 Å². The van der Waals surface area contributed by atoms with Crippen LogP contribution in [0.2, 0.25) is 0 Å². The van der Waals surface area contributed by atoms with Crippen LogP contribution in [0.1, 0.15) is 99.8 Å². The first-order valence-electron chi connectivity index (χ1n) is 13.4. The number of rotatable bonds is 15. The number of aliphatic carboxylic acids is 1. The van der Waals surface area contributed by atoms with E-state index in [1.54, 1.807) is 18.7 Å². The third-order valence-corrected chi connectivity index (χ3v) is 7.32. The van der Waals surface area contributed by atoms with E-state index in [1.165, 1.54) is 0 Å². The number of carbonyl (C=O) groups is 4. The van der Waals surface area contributed by atoms with E-state index < -0.39 is 36.2 Å². The zero-order valence-electron chi connectivity index (χ0n) is 22.7. The summed E-state index contributed by atoms with van der Waals surface area (Å²) in [6.07, 6.45) is 3.80. The molecule has 1 amide bonds. The predicted octanol–water partition coefficient (Wildman–Crippen LogP) is 4.83. The summed E-state index contributed by atoms with van der Waals surface area (Å²) < 4.78 is 10.9. The van der Waals surface area contributed by atoms with E-state index in [2.05, 4.69) is 13.8 Å². The minimum atomic E-state index is -1.31. The molecule has 8 nitrogen and oxygen atoms in total. The van der Waals surface area contributed by atoms with Crippen molar-refractivity contribution in [3.63, 3.8) is 0 Å². The van der Waals surface area contributed by atoms with Crippen LogP contribution in [0.25, 0.3) is 0 Å². The number of esters is 2. The molecule has 0 aromatic heterocycles. The lowest BCUT2D eigenvalue weighted by atomic mass is 9.92. The smallest absolute Gasteiger partial charge is 0.348 e. The molecule has 0 saturated carbocycles. The van der Waals surface area contributed by atoms with Crippen molar-refractivity contribution in [3.8, 4) is 0 Å². The molecule has 1 rings (SSSR count). The van der Waals surface area contributed by atoms with Crippen molar-refractivity contribution in [2.75, 3.05) is 6.54 Å². The minimum Gasteiger partial charge on any atom is -0.478 e. The first-order valence-corrected chi connectivity index (χ1v) is 13.4. The summed E-state index contributed by atoms with van der Waals surface area (Å²) in [6, 6.07) is -0.736. The Morgan fingerprint density at radius 3 is 2.09 bits per heavy atom. The summed E-state index contributed by atoms with van der Waals surface area (Å²) in [5, 5.41) is 9.48. The zero-order valence-corrected chi connectivity index (χ0v) is 22.7. The third-order valence-electron chi connectivity index (χ3n) is 7.32. The van der Waals surface area contributed by atoms with Gasteiger partial charge in [0.25, 0.3) is 0 Å². The first kappa shape index (κ1) is 30.9. The number of carboxylic acid groups (broad SMARTS) is 1. The van der Waals surface area contributed by atoms with Crippen molar-refractivity contribution in [3.05, 3.63) is 0 Å². The topological polar surface area (TPSA) is 110 Å². The molecule has 0 unspecified atom stereocenters. The lowest BCUT2D eigenvalue weighted by Gasteiger charge is -2.30. The molecule has 0 spiro atoms. The monoisotopic (exact) mass is 497 g/mol. The molecule has 35 heavy (non-hydrogen) atoms. The molecule has 0 aromatic carbocycles. The van der Waals surface area contributed by atoms with Gasteiger partial charge in [0.15, 0.2) is 0 Å². The van der Waals surface area contributed by atoms with E-state index in [-0.39, 0.29) is 23.7 Å². The van der Waals surface area contributed by atoms with Gasteiger partial charge < -0.3 is 19.5 Å². The predicted molar refractivity (Wildman–Crippen MR) is 134 cm³/mol. The molecule has 1 heterocycles. The summed E-state index contributed by atoms with van der Waals surface area (Å²) in [5.41, 5.74) is 0. The molecule has 7 atom stereocenters. The molecule has 8 heteroatoms. The van der Waals surface area contributed by atoms with E-state index in [9.17, 15) is 24.3 Å². The number of hydrogen-bond donors (Lipinski definition) is 1. The van der Waals surface area contributed by atoms with Gasteiger partial charge in [0, 0.05) is 24.3 Å². The summed E-state index contributed by atoms with van der Waals surface area (Å²) >= 11 is 0. The fourth-order valence-electron chi connectivity index (χ4n) is 4.56. The molecule has 1 saturated heterocycles. The number of amides is 1. The summed E-state index contributed by atoms with van der Waals surface area (Å²) in [5.74, 6) is -3.27. The van der Waals surface area contributed by atoms with Gasteiger partial charge in [0.1, 0.15) is 6.04 Å². The fourth-order valence-corrected chi connectivity index (χ4v) is 4.56. The standard InChI is InChI=1S/C27H47NO7/c1-8-11-13-17(4)16-20(7)24(29)28-15-12-14-21(28)26(32)35-23(19(6)10-3)27(33)34-22(25(30)31)18(5)9-2/h17-23H,8-16H2,1-7H3,(H,30,31)/t17-,18-,19-,20-,21-,22-,23+/m0/s1. The van der Waals surface area contributed by atoms with Gasteiger partial charge in [-0.25, -0.2) is 14.4 Å². The largest absolute Gasteiger partial charge is 0.478 e. The molecule has 1 fully saturated rings. The normalized spacial score (nSPS) is 20.9. The van der Waals surface area contributed by atoms with Crippen molar-refractivity contribution in [1.82, 2.24) is 4.90 Å². The zero-order chi connectivity index (χ0) is 26.7. The molecule has 0 bridgehead atoms. The number of carbonyl (C=O) groups excluding carboxylic acids is 3. The molecular formula is C27H47NO7. The van der Waals surface area contributed by atoms with Gasteiger partial charge >= 0.3 is 17.9 Å². The molecule has 202 valence electrons. The van der Waals surface area contributed by atoms with Crippen LogP contribution >= 0.6 is 0 Å². The van der Waals surface area contributed by atoms with Crippen LogP contribution < -0.4 is 0 Å². The average molecular weight is 498 g/mol. The van der Waals surface area contributed by atoms with Gasteiger partial charge in [-0.1, -0.05) is 67.7 Å². The Kier molecular flexibility index (Phi) is 13.3. The fraction of sp³-hybridized carbons (Fsp3) is 0.852. The Hall–Kier alpha value is -2.12. The van der Waals surface area contributed by atoms with Gasteiger partial charge in [-0.3, -0.25) is 4.79 Å². The van der Waals surface area contributed by atoms with Gasteiger partial charge in [-0.2, -0.15) is 0 Å². The molecule has 1 aliphatic rings. The summed E-state index contributed by atoms with van der Waals surface area (Å²) in [6.45, 7) is 13.8. The quantitative estimate of drug-likeness (QED) is 0.323. The highest BCUT2D eigenvalue weighted by molar-refractivity contribution is 5.88. The highest BCUT2D eigenvalue weighted by Crippen LogP contribution is 2.27. The van der Waals surface area contributed by atoms with Crippen molar-refractivity contribution in [1.29, 1.82) is 0 Å². The van der Waals surface area contributed by atoms with Crippen molar-refractivity contribution < 1.29 is 33.8 Å². The number of likely N-dealkylation sites (tertiary alicyclic amines) is 1. The maximum absolute atomic E-state index is 13.2. The number of nitrogens with zero attached hydrogens (tertiary/aromatic N) is 1. The lowest BCUT2D eigenvalue weighted by Crippen LogP contribution is -2.47. The Morgan fingerprint density at radius 1 is 0.943 bits per heavy atom. The first-order chi connectivity index (χ1) is 16.5. The molecule has 1 aliphatic heterocycles. The van der Waals surface area contributed by atoms with Crippen molar-refractivity contribution in [2.24, 2.45) is 23.7 Å². The van der Waals surface area contributed by atoms with Gasteiger partial charge in [-0.05, 0) is 38.0 Å². The minimum absolute atomic E-state index is 0.0572. The number of carboxylic acids is 1. The number of hydrogen-bond acceptors (Lipinski definition) is 6. The highest BCUT2D eigenvalue weighted by atomic mass is 16.6. The average Bonchev–Trinajstić information content (AvgIpc) is 3.32. The second-order valence-corrected chi connectivity index (χ2v) is 10.4. The number of unbranched alkanes of at least 4 members (excludes halogenated alkanes) is 1. The second kappa shape index (κ2) is 15.1. The third kappa shape index (κ3) is 9.12. The van der Waals surface area contributed by atoms with Crippen LogP contribution in [0.15, 0.2) is 0 Å². The lowest BCUT2D eigenvalue weighted by molar-refractivity contribution is -0.184. The molecule has 1 N–H and O–H groups in total. The van der Waals surface area contributed by atoms with E-state index in [1.807, 2.05) is 20.8 Å². The molecule has 0 aliphatic carbocycles. The SMILES string of the molecule is CCCC[C@H](C)C[C@H](C)C(=O)N1CCC[C@H]1C(=O)O[C@@H](C(=O)O[C@H](C(=O)O)[C@@H](C)CC)[C@@H](C)CC. The highest BCUT2D eigenvalue weighted by Gasteiger charge is 2.41. The van der Waals surface area contributed by atoms with Crippen LogP contribution in [-0.4, -0.2) is 58.6 Å². The van der Waals surface area contributed by atoms with Crippen LogP contribution in [0.5, 0.6) is 0 Å². The Balaban J connectivity index is 2.91. The summed E-state index contributed by atoms with van der Waals surface area (Å²) in [7, 11) is 0. The van der Waals surface area contributed by atoms with E-state index >= 15 is 0 Å². The summed E-state index contributed by atoms with van der Waals surface area (Å²) in [4.78, 5) is 52.4. The van der Waals surface area contributed by atoms with Gasteiger partial charge in [0.05, 0.1) is 0 Å².